The molecule has 0 atom stereocenters. The van der Waals surface area contributed by atoms with E-state index in [0.29, 0.717) is 23.4 Å². The molecule has 0 aliphatic carbocycles. The molecule has 28 heavy (non-hydrogen) atoms. The monoisotopic (exact) mass is 373 g/mol. The lowest BCUT2D eigenvalue weighted by molar-refractivity contribution is 0.0717. The van der Waals surface area contributed by atoms with Crippen LogP contribution in [0.4, 0.5) is 0 Å². The van der Waals surface area contributed by atoms with Gasteiger partial charge in [-0.1, -0.05) is 24.3 Å². The molecule has 0 spiro atoms. The fourth-order valence-electron chi connectivity index (χ4n) is 3.24. The highest BCUT2D eigenvalue weighted by molar-refractivity contribution is 6.06. The van der Waals surface area contributed by atoms with E-state index >= 15 is 0 Å². The average Bonchev–Trinajstić information content (AvgIpc) is 3.24. The molecule has 0 aliphatic rings. The highest BCUT2D eigenvalue weighted by atomic mass is 16.3. The molecule has 0 saturated carbocycles. The third-order valence-electron chi connectivity index (χ3n) is 4.68. The maximum atomic E-state index is 13.5. The molecule has 6 nitrogen and oxygen atoms in total. The number of aryl methyl sites for hydroxylation is 1. The maximum Gasteiger partial charge on any atom is 0.255 e. The van der Waals surface area contributed by atoms with Crippen molar-refractivity contribution >= 4 is 16.8 Å². The third kappa shape index (κ3) is 3.44. The van der Waals surface area contributed by atoms with E-state index in [-0.39, 0.29) is 18.0 Å². The van der Waals surface area contributed by atoms with Gasteiger partial charge in [0, 0.05) is 24.7 Å². The van der Waals surface area contributed by atoms with Crippen LogP contribution in [-0.2, 0) is 20.1 Å². The van der Waals surface area contributed by atoms with Gasteiger partial charge in [-0.25, -0.2) is 0 Å². The summed E-state index contributed by atoms with van der Waals surface area (Å²) < 4.78 is 6.98. The summed E-state index contributed by atoms with van der Waals surface area (Å²) in [4.78, 5) is 31.8. The second kappa shape index (κ2) is 7.52. The number of amides is 1. The van der Waals surface area contributed by atoms with Crippen LogP contribution in [-0.4, -0.2) is 20.4 Å². The molecular weight excluding hydrogens is 354 g/mol. The number of benzene rings is 1. The zero-order chi connectivity index (χ0) is 19.5. The number of para-hydroxylation sites is 1. The van der Waals surface area contributed by atoms with Crippen LogP contribution in [0.2, 0.25) is 0 Å². The summed E-state index contributed by atoms with van der Waals surface area (Å²) in [5.41, 5.74) is 1.63. The Morgan fingerprint density at radius 1 is 1.07 bits per heavy atom. The number of fused-ring (bicyclic) bond motifs is 1. The van der Waals surface area contributed by atoms with Gasteiger partial charge in [-0.15, -0.1) is 0 Å². The molecule has 6 heteroatoms. The smallest absolute Gasteiger partial charge is 0.255 e. The molecule has 1 aromatic carbocycles. The Bertz CT molecular complexity index is 1160. The average molecular weight is 373 g/mol. The van der Waals surface area contributed by atoms with Crippen molar-refractivity contribution in [2.75, 3.05) is 0 Å². The second-order valence-corrected chi connectivity index (χ2v) is 6.53. The van der Waals surface area contributed by atoms with Crippen molar-refractivity contribution in [1.29, 1.82) is 0 Å². The highest BCUT2D eigenvalue weighted by Crippen LogP contribution is 2.20. The van der Waals surface area contributed by atoms with Crippen molar-refractivity contribution in [1.82, 2.24) is 14.5 Å². The summed E-state index contributed by atoms with van der Waals surface area (Å²) in [5.74, 6) is 0.424. The summed E-state index contributed by atoms with van der Waals surface area (Å²) >= 11 is 0. The number of hydrogen-bond donors (Lipinski definition) is 0. The van der Waals surface area contributed by atoms with Crippen LogP contribution < -0.4 is 5.56 Å². The Hall–Kier alpha value is -3.67. The van der Waals surface area contributed by atoms with Gasteiger partial charge in [-0.2, -0.15) is 0 Å². The van der Waals surface area contributed by atoms with E-state index in [1.807, 2.05) is 48.5 Å². The maximum absolute atomic E-state index is 13.5. The number of nitrogens with zero attached hydrogens (tertiary/aromatic N) is 3. The first kappa shape index (κ1) is 17.7. The predicted molar refractivity (Wildman–Crippen MR) is 106 cm³/mol. The molecule has 0 fully saturated rings. The van der Waals surface area contributed by atoms with Gasteiger partial charge in [0.15, 0.2) is 0 Å². The predicted octanol–water partition coefficient (Wildman–Crippen LogP) is 3.37. The van der Waals surface area contributed by atoms with Gasteiger partial charge < -0.3 is 13.9 Å². The first-order valence-corrected chi connectivity index (χ1v) is 8.94. The number of furan rings is 1. The Morgan fingerprint density at radius 3 is 2.64 bits per heavy atom. The molecule has 0 saturated heterocycles. The minimum absolute atomic E-state index is 0.224. The third-order valence-corrected chi connectivity index (χ3v) is 4.68. The number of hydrogen-bond acceptors (Lipinski definition) is 4. The van der Waals surface area contributed by atoms with E-state index < -0.39 is 0 Å². The Balaban J connectivity index is 1.78. The van der Waals surface area contributed by atoms with Crippen LogP contribution in [0.25, 0.3) is 10.9 Å². The van der Waals surface area contributed by atoms with Crippen molar-refractivity contribution < 1.29 is 9.21 Å². The van der Waals surface area contributed by atoms with Gasteiger partial charge in [0.1, 0.15) is 5.76 Å². The standard InChI is InChI=1S/C22H19N3O3/c1-24-20-10-3-2-9-18(20)19(13-21(24)26)22(27)25(15-17-8-6-12-28-17)14-16-7-4-5-11-23-16/h2-13H,14-15H2,1H3. The quantitative estimate of drug-likeness (QED) is 0.538. The van der Waals surface area contributed by atoms with Gasteiger partial charge in [-0.3, -0.25) is 14.6 Å². The lowest BCUT2D eigenvalue weighted by Crippen LogP contribution is -2.32. The molecule has 0 aliphatic heterocycles. The van der Waals surface area contributed by atoms with Gasteiger partial charge >= 0.3 is 0 Å². The fourth-order valence-corrected chi connectivity index (χ4v) is 3.24. The largest absolute Gasteiger partial charge is 0.467 e. The van der Waals surface area contributed by atoms with E-state index in [1.54, 1.807) is 35.0 Å². The van der Waals surface area contributed by atoms with E-state index in [2.05, 4.69) is 4.98 Å². The van der Waals surface area contributed by atoms with E-state index in [1.165, 1.54) is 6.07 Å². The summed E-state index contributed by atoms with van der Waals surface area (Å²) in [7, 11) is 1.70. The van der Waals surface area contributed by atoms with Crippen molar-refractivity contribution in [3.05, 3.63) is 100 Å². The zero-order valence-corrected chi connectivity index (χ0v) is 15.4. The Kier molecular flexibility index (Phi) is 4.76. The van der Waals surface area contributed by atoms with Crippen molar-refractivity contribution in [3.63, 3.8) is 0 Å². The van der Waals surface area contributed by atoms with Gasteiger partial charge in [0.05, 0.1) is 36.1 Å². The molecular formula is C22H19N3O3. The summed E-state index contributed by atoms with van der Waals surface area (Å²) in [6.45, 7) is 0.593. The summed E-state index contributed by atoms with van der Waals surface area (Å²) in [5, 5.41) is 0.736. The first-order valence-electron chi connectivity index (χ1n) is 8.94. The van der Waals surface area contributed by atoms with Gasteiger partial charge in [0.2, 0.25) is 0 Å². The number of aromatic nitrogens is 2. The van der Waals surface area contributed by atoms with E-state index in [0.717, 1.165) is 11.1 Å². The topological polar surface area (TPSA) is 68.3 Å². The van der Waals surface area contributed by atoms with Crippen LogP contribution >= 0.6 is 0 Å². The molecule has 0 N–H and O–H groups in total. The molecule has 4 rings (SSSR count). The van der Waals surface area contributed by atoms with Crippen molar-refractivity contribution in [3.8, 4) is 0 Å². The summed E-state index contributed by atoms with van der Waals surface area (Å²) in [6, 6.07) is 18.0. The van der Waals surface area contributed by atoms with Crippen LogP contribution in [0.5, 0.6) is 0 Å². The van der Waals surface area contributed by atoms with Crippen molar-refractivity contribution in [2.24, 2.45) is 7.05 Å². The Labute approximate surface area is 161 Å². The lowest BCUT2D eigenvalue weighted by Gasteiger charge is -2.22. The molecule has 0 radical (unpaired) electrons. The molecule has 1 amide bonds. The molecule has 0 unspecified atom stereocenters. The van der Waals surface area contributed by atoms with E-state index in [9.17, 15) is 9.59 Å². The van der Waals surface area contributed by atoms with Crippen LogP contribution in [0, 0.1) is 0 Å². The van der Waals surface area contributed by atoms with Crippen LogP contribution in [0.15, 0.2) is 82.3 Å². The number of carbonyl (C=O) groups excluding carboxylic acids is 1. The van der Waals surface area contributed by atoms with Crippen molar-refractivity contribution in [2.45, 2.75) is 13.1 Å². The minimum atomic E-state index is -0.240. The molecule has 0 bridgehead atoms. The van der Waals surface area contributed by atoms with Crippen LogP contribution in [0.1, 0.15) is 21.8 Å². The molecule has 3 aromatic heterocycles. The van der Waals surface area contributed by atoms with Gasteiger partial charge in [-0.05, 0) is 30.3 Å². The minimum Gasteiger partial charge on any atom is -0.467 e. The zero-order valence-electron chi connectivity index (χ0n) is 15.4. The normalized spacial score (nSPS) is 10.9. The van der Waals surface area contributed by atoms with Crippen LogP contribution in [0.3, 0.4) is 0 Å². The second-order valence-electron chi connectivity index (χ2n) is 6.53. The Morgan fingerprint density at radius 2 is 1.89 bits per heavy atom. The SMILES string of the molecule is Cn1c(=O)cc(C(=O)N(Cc2ccccn2)Cc2ccco2)c2ccccc21. The van der Waals surface area contributed by atoms with E-state index in [4.69, 9.17) is 4.42 Å². The number of pyridine rings is 2. The first-order chi connectivity index (χ1) is 13.6. The highest BCUT2D eigenvalue weighted by Gasteiger charge is 2.21. The number of carbonyl (C=O) groups is 1. The molecule has 4 aromatic rings. The molecule has 140 valence electrons. The summed E-state index contributed by atoms with van der Waals surface area (Å²) in [6.07, 6.45) is 3.27. The lowest BCUT2D eigenvalue weighted by atomic mass is 10.1. The van der Waals surface area contributed by atoms with Gasteiger partial charge in [0.25, 0.3) is 11.5 Å². The fraction of sp³-hybridized carbons (Fsp3) is 0.136. The number of rotatable bonds is 5. The molecule has 3 heterocycles.